The van der Waals surface area contributed by atoms with Crippen molar-refractivity contribution in [2.75, 3.05) is 17.2 Å². The number of urea groups is 1. The highest BCUT2D eigenvalue weighted by molar-refractivity contribution is 5.93. The van der Waals surface area contributed by atoms with E-state index in [0.717, 1.165) is 19.3 Å². The van der Waals surface area contributed by atoms with Crippen molar-refractivity contribution < 1.29 is 9.59 Å². The summed E-state index contributed by atoms with van der Waals surface area (Å²) in [5, 5.41) is 5.29. The monoisotopic (exact) mass is 276 g/mol. The average Bonchev–Trinajstić information content (AvgIpc) is 2.33. The van der Waals surface area contributed by atoms with Gasteiger partial charge in [0.25, 0.3) is 0 Å². The van der Waals surface area contributed by atoms with Gasteiger partial charge in [-0.3, -0.25) is 4.79 Å². The van der Waals surface area contributed by atoms with E-state index in [9.17, 15) is 9.59 Å². The molecule has 2 rings (SSSR count). The first-order valence-electron chi connectivity index (χ1n) is 6.69. The minimum absolute atomic E-state index is 0.0207. The maximum atomic E-state index is 12.0. The van der Waals surface area contributed by atoms with Crippen LogP contribution in [0.4, 0.5) is 16.2 Å². The van der Waals surface area contributed by atoms with Crippen LogP contribution in [0.25, 0.3) is 0 Å². The third-order valence-corrected chi connectivity index (χ3v) is 3.80. The van der Waals surface area contributed by atoms with Gasteiger partial charge in [0.1, 0.15) is 0 Å². The summed E-state index contributed by atoms with van der Waals surface area (Å²) in [4.78, 5) is 22.8. The van der Waals surface area contributed by atoms with Gasteiger partial charge in [-0.1, -0.05) is 12.5 Å². The van der Waals surface area contributed by atoms with Crippen molar-refractivity contribution in [1.29, 1.82) is 0 Å². The van der Waals surface area contributed by atoms with Crippen molar-refractivity contribution in [3.8, 4) is 0 Å². The van der Waals surface area contributed by atoms with Gasteiger partial charge in [0, 0.05) is 17.8 Å². The number of hydrogen-bond acceptors (Lipinski definition) is 3. The van der Waals surface area contributed by atoms with Crippen LogP contribution < -0.4 is 22.1 Å². The van der Waals surface area contributed by atoms with E-state index in [0.29, 0.717) is 24.3 Å². The first-order chi connectivity index (χ1) is 9.53. The molecule has 0 saturated heterocycles. The Morgan fingerprint density at radius 2 is 1.85 bits per heavy atom. The molecule has 0 aliphatic heterocycles. The summed E-state index contributed by atoms with van der Waals surface area (Å²) in [6.07, 6.45) is 3.61. The molecule has 1 aliphatic rings. The molecule has 1 aromatic carbocycles. The molecule has 0 bridgehead atoms. The fourth-order valence-corrected chi connectivity index (χ4v) is 2.49. The minimum atomic E-state index is -0.634. The van der Waals surface area contributed by atoms with Crippen LogP contribution in [0.5, 0.6) is 0 Å². The highest BCUT2D eigenvalue weighted by Gasteiger charge is 2.37. The Labute approximate surface area is 117 Å². The fraction of sp³-hybridized carbons (Fsp3) is 0.429. The SMILES string of the molecule is NCC1(CC(=O)Nc2cccc(NC(N)=O)c2)CCC1. The molecule has 0 radical (unpaired) electrons. The van der Waals surface area contributed by atoms with Crippen LogP contribution in [-0.2, 0) is 4.79 Å². The second-order valence-corrected chi connectivity index (χ2v) is 5.35. The molecule has 1 fully saturated rings. The number of hydrogen-bond donors (Lipinski definition) is 4. The predicted molar refractivity (Wildman–Crippen MR) is 78.2 cm³/mol. The summed E-state index contributed by atoms with van der Waals surface area (Å²) in [6, 6.07) is 6.24. The average molecular weight is 276 g/mol. The largest absolute Gasteiger partial charge is 0.351 e. The van der Waals surface area contributed by atoms with E-state index in [1.165, 1.54) is 0 Å². The molecule has 0 atom stereocenters. The molecule has 3 amide bonds. The topological polar surface area (TPSA) is 110 Å². The van der Waals surface area contributed by atoms with Gasteiger partial charge in [-0.15, -0.1) is 0 Å². The van der Waals surface area contributed by atoms with Gasteiger partial charge in [-0.2, -0.15) is 0 Å². The summed E-state index contributed by atoms with van der Waals surface area (Å²) in [6.45, 7) is 0.545. The van der Waals surface area contributed by atoms with Gasteiger partial charge in [0.05, 0.1) is 0 Å². The van der Waals surface area contributed by atoms with Crippen LogP contribution >= 0.6 is 0 Å². The van der Waals surface area contributed by atoms with Crippen LogP contribution in [0.3, 0.4) is 0 Å². The molecular formula is C14H20N4O2. The lowest BCUT2D eigenvalue weighted by molar-refractivity contribution is -0.119. The summed E-state index contributed by atoms with van der Waals surface area (Å²) in [5.41, 5.74) is 12.0. The zero-order chi connectivity index (χ0) is 14.6. The highest BCUT2D eigenvalue weighted by atomic mass is 16.2. The molecule has 6 nitrogen and oxygen atoms in total. The Bertz CT molecular complexity index is 506. The van der Waals surface area contributed by atoms with Crippen molar-refractivity contribution in [1.82, 2.24) is 0 Å². The maximum Gasteiger partial charge on any atom is 0.316 e. The van der Waals surface area contributed by atoms with Crippen LogP contribution in [0, 0.1) is 5.41 Å². The summed E-state index contributed by atoms with van der Waals surface area (Å²) in [7, 11) is 0. The first kappa shape index (κ1) is 14.3. The van der Waals surface area contributed by atoms with E-state index < -0.39 is 6.03 Å². The van der Waals surface area contributed by atoms with E-state index in [1.807, 2.05) is 0 Å². The van der Waals surface area contributed by atoms with Gasteiger partial charge < -0.3 is 22.1 Å². The van der Waals surface area contributed by atoms with Crippen molar-refractivity contribution in [3.63, 3.8) is 0 Å². The molecular weight excluding hydrogens is 256 g/mol. The van der Waals surface area contributed by atoms with E-state index >= 15 is 0 Å². The number of primary amides is 1. The smallest absolute Gasteiger partial charge is 0.316 e. The molecule has 6 N–H and O–H groups in total. The second-order valence-electron chi connectivity index (χ2n) is 5.35. The number of carbonyl (C=O) groups is 2. The second kappa shape index (κ2) is 5.92. The van der Waals surface area contributed by atoms with Crippen LogP contribution in [-0.4, -0.2) is 18.5 Å². The van der Waals surface area contributed by atoms with Crippen LogP contribution in [0.1, 0.15) is 25.7 Å². The van der Waals surface area contributed by atoms with E-state index in [4.69, 9.17) is 11.5 Å². The van der Waals surface area contributed by atoms with E-state index in [1.54, 1.807) is 24.3 Å². The van der Waals surface area contributed by atoms with Gasteiger partial charge >= 0.3 is 6.03 Å². The Kier molecular flexibility index (Phi) is 4.24. The van der Waals surface area contributed by atoms with Crippen molar-refractivity contribution in [2.45, 2.75) is 25.7 Å². The number of benzene rings is 1. The summed E-state index contributed by atoms with van der Waals surface area (Å²) < 4.78 is 0. The zero-order valence-electron chi connectivity index (χ0n) is 11.3. The molecule has 0 unspecified atom stereocenters. The number of anilines is 2. The standard InChI is InChI=1S/C14H20N4O2/c15-9-14(5-2-6-14)8-12(19)17-10-3-1-4-11(7-10)18-13(16)20/h1,3-4,7H,2,5-6,8-9,15H2,(H,17,19)(H3,16,18,20). The lowest BCUT2D eigenvalue weighted by Crippen LogP contribution is -2.40. The Morgan fingerprint density at radius 1 is 1.20 bits per heavy atom. The number of nitrogens with one attached hydrogen (secondary N) is 2. The molecule has 1 aromatic rings. The highest BCUT2D eigenvalue weighted by Crippen LogP contribution is 2.43. The number of rotatable bonds is 5. The Morgan fingerprint density at radius 3 is 2.35 bits per heavy atom. The summed E-state index contributed by atoms with van der Waals surface area (Å²) >= 11 is 0. The van der Waals surface area contributed by atoms with Crippen LogP contribution in [0.15, 0.2) is 24.3 Å². The molecule has 0 aromatic heterocycles. The molecule has 0 heterocycles. The normalized spacial score (nSPS) is 16.1. The van der Waals surface area contributed by atoms with Crippen LogP contribution in [0.2, 0.25) is 0 Å². The molecule has 1 aliphatic carbocycles. The first-order valence-corrected chi connectivity index (χ1v) is 6.69. The third kappa shape index (κ3) is 3.48. The molecule has 20 heavy (non-hydrogen) atoms. The quantitative estimate of drug-likeness (QED) is 0.656. The molecule has 1 saturated carbocycles. The van der Waals surface area contributed by atoms with E-state index in [-0.39, 0.29) is 11.3 Å². The zero-order valence-corrected chi connectivity index (χ0v) is 11.3. The van der Waals surface area contributed by atoms with E-state index in [2.05, 4.69) is 10.6 Å². The number of amides is 3. The molecule has 6 heteroatoms. The molecule has 108 valence electrons. The lowest BCUT2D eigenvalue weighted by atomic mass is 9.66. The van der Waals surface area contributed by atoms with Gasteiger partial charge in [0.2, 0.25) is 5.91 Å². The third-order valence-electron chi connectivity index (χ3n) is 3.80. The van der Waals surface area contributed by atoms with Gasteiger partial charge in [-0.25, -0.2) is 4.79 Å². The number of carbonyl (C=O) groups excluding carboxylic acids is 2. The van der Waals surface area contributed by atoms with Gasteiger partial charge in [-0.05, 0) is 43.0 Å². The maximum absolute atomic E-state index is 12.0. The minimum Gasteiger partial charge on any atom is -0.351 e. The molecule has 0 spiro atoms. The van der Waals surface area contributed by atoms with Crippen molar-refractivity contribution >= 4 is 23.3 Å². The van der Waals surface area contributed by atoms with Crippen molar-refractivity contribution in [3.05, 3.63) is 24.3 Å². The predicted octanol–water partition coefficient (Wildman–Crippen LogP) is 1.63. The Balaban J connectivity index is 1.95. The number of nitrogens with two attached hydrogens (primary N) is 2. The Hall–Kier alpha value is -2.08. The van der Waals surface area contributed by atoms with Gasteiger partial charge in [0.15, 0.2) is 0 Å². The lowest BCUT2D eigenvalue weighted by Gasteiger charge is -2.40. The van der Waals surface area contributed by atoms with Crippen molar-refractivity contribution in [2.24, 2.45) is 16.9 Å². The fourth-order valence-electron chi connectivity index (χ4n) is 2.49. The summed E-state index contributed by atoms with van der Waals surface area (Å²) in [5.74, 6) is -0.0497.